The summed E-state index contributed by atoms with van der Waals surface area (Å²) in [4.78, 5) is 30.8. The molecule has 1 fully saturated rings. The number of hydrogen-bond donors (Lipinski definition) is 1. The Labute approximate surface area is 147 Å². The zero-order valence-electron chi connectivity index (χ0n) is 15.3. The highest BCUT2D eigenvalue weighted by atomic mass is 32.1. The number of thiazole rings is 1. The van der Waals surface area contributed by atoms with Gasteiger partial charge in [-0.2, -0.15) is 0 Å². The van der Waals surface area contributed by atoms with Crippen molar-refractivity contribution >= 4 is 28.5 Å². The van der Waals surface area contributed by atoms with Crippen molar-refractivity contribution < 1.29 is 14.3 Å². The predicted octanol–water partition coefficient (Wildman–Crippen LogP) is 3.78. The quantitative estimate of drug-likeness (QED) is 0.878. The number of rotatable bonds is 2. The zero-order chi connectivity index (χ0) is 18.1. The SMILES string of the molecule is CC(C)(C)OC(=O)N1CCC[C@H]1C(=O)Nc1nc(C(C)(C)C)cs1. The van der Waals surface area contributed by atoms with Gasteiger partial charge in [-0.05, 0) is 33.6 Å². The summed E-state index contributed by atoms with van der Waals surface area (Å²) >= 11 is 1.41. The molecule has 2 heterocycles. The van der Waals surface area contributed by atoms with Gasteiger partial charge in [0, 0.05) is 17.3 Å². The number of amides is 2. The summed E-state index contributed by atoms with van der Waals surface area (Å²) in [5, 5.41) is 5.37. The van der Waals surface area contributed by atoms with Crippen LogP contribution in [0, 0.1) is 0 Å². The molecule has 7 heteroatoms. The Hall–Kier alpha value is -1.63. The van der Waals surface area contributed by atoms with Crippen molar-refractivity contribution in [1.82, 2.24) is 9.88 Å². The molecule has 1 aliphatic rings. The van der Waals surface area contributed by atoms with E-state index in [1.807, 2.05) is 26.2 Å². The van der Waals surface area contributed by atoms with E-state index >= 15 is 0 Å². The fourth-order valence-corrected chi connectivity index (χ4v) is 3.38. The molecule has 24 heavy (non-hydrogen) atoms. The van der Waals surface area contributed by atoms with E-state index < -0.39 is 17.7 Å². The fraction of sp³-hybridized carbons (Fsp3) is 0.706. The molecule has 0 radical (unpaired) electrons. The minimum atomic E-state index is -0.572. The molecule has 1 atom stereocenters. The van der Waals surface area contributed by atoms with Crippen LogP contribution in [0.5, 0.6) is 0 Å². The molecule has 6 nitrogen and oxygen atoms in total. The smallest absolute Gasteiger partial charge is 0.410 e. The molecule has 2 rings (SSSR count). The average molecular weight is 353 g/mol. The van der Waals surface area contributed by atoms with E-state index in [1.54, 1.807) is 0 Å². The van der Waals surface area contributed by atoms with Crippen molar-refractivity contribution in [3.05, 3.63) is 11.1 Å². The topological polar surface area (TPSA) is 71.5 Å². The maximum Gasteiger partial charge on any atom is 0.410 e. The van der Waals surface area contributed by atoms with Gasteiger partial charge in [-0.15, -0.1) is 11.3 Å². The summed E-state index contributed by atoms with van der Waals surface area (Å²) in [5.74, 6) is -0.201. The number of anilines is 1. The summed E-state index contributed by atoms with van der Waals surface area (Å²) in [6.45, 7) is 12.2. The zero-order valence-corrected chi connectivity index (χ0v) is 16.1. The number of carbonyl (C=O) groups is 2. The molecular weight excluding hydrogens is 326 g/mol. The van der Waals surface area contributed by atoms with Crippen molar-refractivity contribution in [3.8, 4) is 0 Å². The monoisotopic (exact) mass is 353 g/mol. The average Bonchev–Trinajstić information content (AvgIpc) is 3.03. The molecular formula is C17H27N3O3S. The Kier molecular flexibility index (Phi) is 5.22. The molecule has 1 aromatic heterocycles. The molecule has 2 amide bonds. The highest BCUT2D eigenvalue weighted by Crippen LogP contribution is 2.27. The first-order valence-corrected chi connectivity index (χ1v) is 9.12. The summed E-state index contributed by atoms with van der Waals surface area (Å²) in [5.41, 5.74) is 0.311. The van der Waals surface area contributed by atoms with E-state index in [0.29, 0.717) is 18.1 Å². The molecule has 0 unspecified atom stereocenters. The number of aromatic nitrogens is 1. The van der Waals surface area contributed by atoms with Crippen LogP contribution < -0.4 is 5.32 Å². The van der Waals surface area contributed by atoms with Crippen molar-refractivity contribution in [2.75, 3.05) is 11.9 Å². The highest BCUT2D eigenvalue weighted by molar-refractivity contribution is 7.14. The normalized spacial score (nSPS) is 18.6. The van der Waals surface area contributed by atoms with Crippen molar-refractivity contribution in [2.24, 2.45) is 0 Å². The predicted molar refractivity (Wildman–Crippen MR) is 95.4 cm³/mol. The minimum Gasteiger partial charge on any atom is -0.444 e. The first kappa shape index (κ1) is 18.7. The minimum absolute atomic E-state index is 0.0601. The lowest BCUT2D eigenvalue weighted by molar-refractivity contribution is -0.120. The van der Waals surface area contributed by atoms with Gasteiger partial charge in [0.05, 0.1) is 5.69 Å². The standard InChI is InChI=1S/C17H27N3O3S/c1-16(2,3)12-10-24-14(18-12)19-13(21)11-8-7-9-20(11)15(22)23-17(4,5)6/h10-11H,7-9H2,1-6H3,(H,18,19,21)/t11-/m0/s1. The molecule has 0 bridgehead atoms. The highest BCUT2D eigenvalue weighted by Gasteiger charge is 2.37. The van der Waals surface area contributed by atoms with Crippen LogP contribution in [-0.2, 0) is 14.9 Å². The second-order valence-electron chi connectivity index (χ2n) is 8.11. The van der Waals surface area contributed by atoms with Crippen molar-refractivity contribution in [2.45, 2.75) is 71.4 Å². The van der Waals surface area contributed by atoms with E-state index in [-0.39, 0.29) is 11.3 Å². The molecule has 1 aliphatic heterocycles. The molecule has 0 aliphatic carbocycles. The van der Waals surface area contributed by atoms with E-state index in [2.05, 4.69) is 31.1 Å². The lowest BCUT2D eigenvalue weighted by Gasteiger charge is -2.27. The molecule has 0 spiro atoms. The first-order chi connectivity index (χ1) is 11.0. The van der Waals surface area contributed by atoms with Gasteiger partial charge < -0.3 is 10.1 Å². The summed E-state index contributed by atoms with van der Waals surface area (Å²) < 4.78 is 5.40. The van der Waals surface area contributed by atoms with Gasteiger partial charge in [-0.3, -0.25) is 9.69 Å². The van der Waals surface area contributed by atoms with Gasteiger partial charge in [-0.1, -0.05) is 20.8 Å². The van der Waals surface area contributed by atoms with E-state index in [4.69, 9.17) is 4.74 Å². The third-order valence-electron chi connectivity index (χ3n) is 3.69. The Balaban J connectivity index is 2.03. The van der Waals surface area contributed by atoms with Crippen molar-refractivity contribution in [1.29, 1.82) is 0 Å². The van der Waals surface area contributed by atoms with Crippen LogP contribution in [0.15, 0.2) is 5.38 Å². The largest absolute Gasteiger partial charge is 0.444 e. The Morgan fingerprint density at radius 1 is 1.29 bits per heavy atom. The summed E-state index contributed by atoms with van der Waals surface area (Å²) in [7, 11) is 0. The second kappa shape index (κ2) is 6.70. The van der Waals surface area contributed by atoms with Crippen LogP contribution in [0.25, 0.3) is 0 Å². The number of nitrogens with zero attached hydrogens (tertiary/aromatic N) is 2. The molecule has 0 aromatic carbocycles. The van der Waals surface area contributed by atoms with Crippen molar-refractivity contribution in [3.63, 3.8) is 0 Å². The maximum absolute atomic E-state index is 12.6. The molecule has 1 N–H and O–H groups in total. The molecule has 1 aromatic rings. The fourth-order valence-electron chi connectivity index (χ4n) is 2.44. The van der Waals surface area contributed by atoms with E-state index in [1.165, 1.54) is 16.2 Å². The van der Waals surface area contributed by atoms with Crippen LogP contribution in [0.3, 0.4) is 0 Å². The lowest BCUT2D eigenvalue weighted by Crippen LogP contribution is -2.45. The van der Waals surface area contributed by atoms with Crippen LogP contribution in [0.2, 0.25) is 0 Å². The van der Waals surface area contributed by atoms with E-state index in [9.17, 15) is 9.59 Å². The summed E-state index contributed by atoms with van der Waals surface area (Å²) in [6, 6.07) is -0.498. The van der Waals surface area contributed by atoms with Crippen LogP contribution in [0.4, 0.5) is 9.93 Å². The van der Waals surface area contributed by atoms with Gasteiger partial charge in [0.25, 0.3) is 0 Å². The molecule has 134 valence electrons. The van der Waals surface area contributed by atoms with Gasteiger partial charge in [0.1, 0.15) is 11.6 Å². The number of carbonyl (C=O) groups excluding carboxylic acids is 2. The van der Waals surface area contributed by atoms with Gasteiger partial charge >= 0.3 is 6.09 Å². The first-order valence-electron chi connectivity index (χ1n) is 8.24. The van der Waals surface area contributed by atoms with Gasteiger partial charge in [0.15, 0.2) is 5.13 Å². The summed E-state index contributed by atoms with van der Waals surface area (Å²) in [6.07, 6.45) is 1.00. The third-order valence-corrected chi connectivity index (χ3v) is 4.44. The van der Waals surface area contributed by atoms with Gasteiger partial charge in [0.2, 0.25) is 5.91 Å². The lowest BCUT2D eigenvalue weighted by atomic mass is 9.93. The van der Waals surface area contributed by atoms with Crippen LogP contribution in [0.1, 0.15) is 60.1 Å². The molecule has 1 saturated heterocycles. The van der Waals surface area contributed by atoms with Crippen LogP contribution in [-0.4, -0.2) is 40.1 Å². The Morgan fingerprint density at radius 3 is 2.50 bits per heavy atom. The number of likely N-dealkylation sites (tertiary alicyclic amines) is 1. The third kappa shape index (κ3) is 4.69. The maximum atomic E-state index is 12.6. The number of ether oxygens (including phenoxy) is 1. The number of hydrogen-bond acceptors (Lipinski definition) is 5. The molecule has 0 saturated carbocycles. The second-order valence-corrected chi connectivity index (χ2v) is 8.97. The number of nitrogens with one attached hydrogen (secondary N) is 1. The van der Waals surface area contributed by atoms with Crippen LogP contribution >= 0.6 is 11.3 Å². The van der Waals surface area contributed by atoms with Gasteiger partial charge in [-0.25, -0.2) is 9.78 Å². The Bertz CT molecular complexity index is 613. The van der Waals surface area contributed by atoms with E-state index in [0.717, 1.165) is 12.1 Å². The Morgan fingerprint density at radius 2 is 1.96 bits per heavy atom.